The van der Waals surface area contributed by atoms with E-state index in [1.54, 1.807) is 4.90 Å². The van der Waals surface area contributed by atoms with Crippen LogP contribution in [0.15, 0.2) is 12.3 Å². The standard InChI is InChI=1S/C21H24F2N4O3S.K/c1-11-5-4-8-27(11)20(28)16-17(31-19(26-16)21(29)30)14-10-24-15(9-13(14)18(22)23)25-12-6-2-3-7-12;/h9-12,18H,2-8H2,1H3,(H,24,25)(H,29,30);/q;+1/p-1/t11-;/m0./s1. The van der Waals surface area contributed by atoms with E-state index in [0.717, 1.165) is 38.5 Å². The summed E-state index contributed by atoms with van der Waals surface area (Å²) in [5, 5.41) is 14.2. The topological polar surface area (TPSA) is 98.2 Å². The van der Waals surface area contributed by atoms with Gasteiger partial charge >= 0.3 is 51.4 Å². The van der Waals surface area contributed by atoms with Crippen LogP contribution < -0.4 is 61.8 Å². The predicted molar refractivity (Wildman–Crippen MR) is 110 cm³/mol. The van der Waals surface area contributed by atoms with E-state index in [4.69, 9.17) is 0 Å². The molecule has 0 spiro atoms. The van der Waals surface area contributed by atoms with E-state index in [9.17, 15) is 23.5 Å². The molecule has 166 valence electrons. The third-order valence-corrected chi connectivity index (χ3v) is 7.01. The number of likely N-dealkylation sites (tertiary alicyclic amines) is 1. The van der Waals surface area contributed by atoms with Gasteiger partial charge in [-0.15, -0.1) is 11.3 Å². The Hall–Kier alpha value is -0.984. The van der Waals surface area contributed by atoms with E-state index < -0.39 is 23.3 Å². The van der Waals surface area contributed by atoms with Gasteiger partial charge < -0.3 is 20.1 Å². The van der Waals surface area contributed by atoms with Crippen LogP contribution in [-0.2, 0) is 0 Å². The zero-order chi connectivity index (χ0) is 22.1. The molecule has 2 aromatic rings. The van der Waals surface area contributed by atoms with Gasteiger partial charge in [0.15, 0.2) is 0 Å². The molecule has 1 atom stereocenters. The van der Waals surface area contributed by atoms with Crippen LogP contribution in [-0.4, -0.2) is 45.4 Å². The van der Waals surface area contributed by atoms with Gasteiger partial charge in [-0.05, 0) is 38.7 Å². The Kier molecular flexibility index (Phi) is 8.78. The molecule has 11 heteroatoms. The molecule has 1 saturated carbocycles. The van der Waals surface area contributed by atoms with Crippen LogP contribution in [0.3, 0.4) is 0 Å². The Morgan fingerprint density at radius 3 is 2.56 bits per heavy atom. The van der Waals surface area contributed by atoms with Crippen LogP contribution in [0, 0.1) is 0 Å². The Balaban J connectivity index is 0.00000289. The number of carbonyl (C=O) groups is 2. The number of rotatable bonds is 6. The Morgan fingerprint density at radius 1 is 1.25 bits per heavy atom. The molecule has 2 aromatic heterocycles. The van der Waals surface area contributed by atoms with E-state index in [1.165, 1.54) is 12.3 Å². The van der Waals surface area contributed by atoms with Crippen molar-refractivity contribution in [3.8, 4) is 10.4 Å². The first-order valence-corrected chi connectivity index (χ1v) is 11.2. The molecule has 32 heavy (non-hydrogen) atoms. The third kappa shape index (κ3) is 5.39. The van der Waals surface area contributed by atoms with E-state index in [1.807, 2.05) is 6.92 Å². The minimum Gasteiger partial charge on any atom is -0.542 e. The third-order valence-electron chi connectivity index (χ3n) is 5.94. The van der Waals surface area contributed by atoms with Crippen LogP contribution in [0.2, 0.25) is 0 Å². The van der Waals surface area contributed by atoms with Crippen LogP contribution in [0.25, 0.3) is 10.4 Å². The van der Waals surface area contributed by atoms with Gasteiger partial charge in [0, 0.05) is 36.0 Å². The molecule has 3 heterocycles. The Labute approximate surface area is 231 Å². The van der Waals surface area contributed by atoms with Crippen LogP contribution >= 0.6 is 11.3 Å². The van der Waals surface area contributed by atoms with Crippen molar-refractivity contribution >= 4 is 29.0 Å². The van der Waals surface area contributed by atoms with Crippen molar-refractivity contribution < 1.29 is 74.9 Å². The number of thiazole rings is 1. The number of nitrogens with one attached hydrogen (secondary N) is 1. The summed E-state index contributed by atoms with van der Waals surface area (Å²) < 4.78 is 27.9. The molecule has 1 amide bonds. The fourth-order valence-electron chi connectivity index (χ4n) is 4.31. The van der Waals surface area contributed by atoms with Gasteiger partial charge in [0.1, 0.15) is 22.5 Å². The van der Waals surface area contributed by atoms with Crippen molar-refractivity contribution in [2.24, 2.45) is 0 Å². The molecule has 0 bridgehead atoms. The molecule has 2 fully saturated rings. The zero-order valence-electron chi connectivity index (χ0n) is 18.1. The Bertz CT molecular complexity index is 997. The molecule has 1 saturated heterocycles. The maximum Gasteiger partial charge on any atom is 1.00 e. The number of nitrogens with zero attached hydrogens (tertiary/aromatic N) is 3. The minimum atomic E-state index is -2.83. The van der Waals surface area contributed by atoms with E-state index >= 15 is 0 Å². The first-order valence-electron chi connectivity index (χ1n) is 10.4. The second kappa shape index (κ2) is 11.0. The molecule has 7 nitrogen and oxygen atoms in total. The first kappa shape index (κ1) is 25.6. The van der Waals surface area contributed by atoms with Crippen molar-refractivity contribution in [2.75, 3.05) is 11.9 Å². The van der Waals surface area contributed by atoms with Crippen molar-refractivity contribution in [3.05, 3.63) is 28.5 Å². The van der Waals surface area contributed by atoms with Gasteiger partial charge in [-0.2, -0.15) is 0 Å². The number of alkyl halides is 2. The monoisotopic (exact) mass is 488 g/mol. The number of halogens is 2. The first-order chi connectivity index (χ1) is 14.8. The van der Waals surface area contributed by atoms with Crippen LogP contribution in [0.5, 0.6) is 0 Å². The number of amides is 1. The smallest absolute Gasteiger partial charge is 0.542 e. The maximum absolute atomic E-state index is 14.0. The molecule has 1 N–H and O–H groups in total. The minimum absolute atomic E-state index is 0. The molecule has 2 aliphatic rings. The second-order valence-corrected chi connectivity index (χ2v) is 9.06. The van der Waals surface area contributed by atoms with Crippen LogP contribution in [0.4, 0.5) is 14.6 Å². The van der Waals surface area contributed by atoms with Crippen LogP contribution in [0.1, 0.15) is 77.7 Å². The average Bonchev–Trinajstić information content (AvgIpc) is 3.48. The molecular weight excluding hydrogens is 465 g/mol. The number of pyridine rings is 1. The second-order valence-electron chi connectivity index (χ2n) is 8.06. The number of aromatic carboxylic acids is 1. The maximum atomic E-state index is 14.0. The number of hydrogen-bond acceptors (Lipinski definition) is 7. The SMILES string of the molecule is C[C@H]1CCCN1C(=O)c1nc(C(=O)[O-])sc1-c1cnc(NC2CCCC2)cc1C(F)F.[K+]. The van der Waals surface area contributed by atoms with Crippen molar-refractivity contribution in [1.82, 2.24) is 14.9 Å². The van der Waals surface area contributed by atoms with Gasteiger partial charge in [0.25, 0.3) is 12.3 Å². The zero-order valence-corrected chi connectivity index (χ0v) is 22.0. The molecule has 1 aliphatic carbocycles. The van der Waals surface area contributed by atoms with Gasteiger partial charge in [-0.1, -0.05) is 12.8 Å². The summed E-state index contributed by atoms with van der Waals surface area (Å²) in [6.45, 7) is 2.41. The molecule has 1 aliphatic heterocycles. The molecule has 0 unspecified atom stereocenters. The predicted octanol–water partition coefficient (Wildman–Crippen LogP) is 0.489. The van der Waals surface area contributed by atoms with Crippen molar-refractivity contribution in [2.45, 2.75) is 64.0 Å². The fraction of sp³-hybridized carbons (Fsp3) is 0.524. The molecular formula is C21H23F2KN4O3S. The number of carboxylic acids is 1. The summed E-state index contributed by atoms with van der Waals surface area (Å²) in [4.78, 5) is 34.4. The number of carboxylic acid groups (broad SMARTS) is 1. The van der Waals surface area contributed by atoms with Crippen molar-refractivity contribution in [3.63, 3.8) is 0 Å². The summed E-state index contributed by atoms with van der Waals surface area (Å²) in [5.41, 5.74) is -0.433. The number of aromatic nitrogens is 2. The van der Waals surface area contributed by atoms with Gasteiger partial charge in [-0.3, -0.25) is 4.79 Å². The number of anilines is 1. The number of hydrogen-bond donors (Lipinski definition) is 1. The summed E-state index contributed by atoms with van der Waals surface area (Å²) in [6, 6.07) is 1.45. The Morgan fingerprint density at radius 2 is 1.97 bits per heavy atom. The van der Waals surface area contributed by atoms with E-state index in [0.29, 0.717) is 23.7 Å². The molecule has 0 aromatic carbocycles. The summed E-state index contributed by atoms with van der Waals surface area (Å²) in [5.74, 6) is -1.67. The quantitative estimate of drug-likeness (QED) is 0.595. The fourth-order valence-corrected chi connectivity index (χ4v) is 5.23. The van der Waals surface area contributed by atoms with E-state index in [2.05, 4.69) is 15.3 Å². The number of carbonyl (C=O) groups excluding carboxylic acids is 2. The summed E-state index contributed by atoms with van der Waals surface area (Å²) in [6.07, 6.45) is 4.19. The largest absolute Gasteiger partial charge is 1.00 e. The molecule has 0 radical (unpaired) electrons. The van der Waals surface area contributed by atoms with Gasteiger partial charge in [0.05, 0.1) is 4.88 Å². The normalized spacial score (nSPS) is 18.8. The summed E-state index contributed by atoms with van der Waals surface area (Å²) in [7, 11) is 0. The average molecular weight is 489 g/mol. The summed E-state index contributed by atoms with van der Waals surface area (Å²) >= 11 is 0.665. The van der Waals surface area contributed by atoms with E-state index in [-0.39, 0.29) is 85.2 Å². The molecule has 4 rings (SSSR count). The van der Waals surface area contributed by atoms with Gasteiger partial charge in [-0.25, -0.2) is 18.7 Å². The van der Waals surface area contributed by atoms with Gasteiger partial charge in [0.2, 0.25) is 0 Å². The van der Waals surface area contributed by atoms with Crippen molar-refractivity contribution in [1.29, 1.82) is 0 Å².